The summed E-state index contributed by atoms with van der Waals surface area (Å²) in [6.07, 6.45) is 1.32. The van der Waals surface area contributed by atoms with Gasteiger partial charge >= 0.3 is 7.12 Å². The molecule has 0 aliphatic heterocycles. The van der Waals surface area contributed by atoms with Crippen LogP contribution in [0.2, 0.25) is 0 Å². The Kier molecular flexibility index (Phi) is 5.41. The highest BCUT2D eigenvalue weighted by atomic mass is 19.1. The van der Waals surface area contributed by atoms with Crippen molar-refractivity contribution in [3.63, 3.8) is 0 Å². The summed E-state index contributed by atoms with van der Waals surface area (Å²) in [7, 11) is -1.80. The predicted octanol–water partition coefficient (Wildman–Crippen LogP) is 1.46. The first kappa shape index (κ1) is 20.5. The molecule has 4 aromatic rings. The molecule has 1 amide bonds. The van der Waals surface area contributed by atoms with Crippen molar-refractivity contribution < 1.29 is 19.2 Å². The minimum atomic E-state index is -1.80. The molecule has 0 radical (unpaired) electrons. The van der Waals surface area contributed by atoms with E-state index in [4.69, 9.17) is 5.73 Å². The summed E-state index contributed by atoms with van der Waals surface area (Å²) in [5, 5.41) is 23.1. The monoisotopic (exact) mass is 419 g/mol. The molecule has 0 bridgehead atoms. The van der Waals surface area contributed by atoms with Gasteiger partial charge in [-0.3, -0.25) is 4.79 Å². The number of primary amides is 1. The fourth-order valence-corrected chi connectivity index (χ4v) is 3.52. The van der Waals surface area contributed by atoms with E-state index in [0.29, 0.717) is 33.4 Å². The number of anilines is 1. The van der Waals surface area contributed by atoms with E-state index in [0.717, 1.165) is 5.69 Å². The highest BCUT2D eigenvalue weighted by Gasteiger charge is 2.22. The van der Waals surface area contributed by atoms with Crippen molar-refractivity contribution in [2.45, 2.75) is 13.5 Å². The number of amides is 1. The molecule has 2 aromatic carbocycles. The van der Waals surface area contributed by atoms with E-state index in [9.17, 15) is 19.2 Å². The highest BCUT2D eigenvalue weighted by Crippen LogP contribution is 2.31. The summed E-state index contributed by atoms with van der Waals surface area (Å²) in [5.74, 6) is -0.416. The number of fused-ring (bicyclic) bond motifs is 1. The Morgan fingerprint density at radius 1 is 1.26 bits per heavy atom. The minimum absolute atomic E-state index is 0.0791. The van der Waals surface area contributed by atoms with Gasteiger partial charge in [0.15, 0.2) is 5.82 Å². The third kappa shape index (κ3) is 3.98. The zero-order valence-corrected chi connectivity index (χ0v) is 16.6. The topological polar surface area (TPSA) is 137 Å². The van der Waals surface area contributed by atoms with Crippen molar-refractivity contribution in [2.24, 2.45) is 5.73 Å². The molecule has 156 valence electrons. The number of aryl methyl sites for hydroxylation is 1. The number of nitrogens with one attached hydrogen (secondary N) is 2. The molecular weight excluding hydrogens is 400 g/mol. The summed E-state index contributed by atoms with van der Waals surface area (Å²) >= 11 is 0. The van der Waals surface area contributed by atoms with E-state index in [1.807, 2.05) is 13.0 Å². The number of nitrogens with two attached hydrogens (primary N) is 1. The summed E-state index contributed by atoms with van der Waals surface area (Å²) in [6.45, 7) is 2.03. The molecule has 0 aliphatic carbocycles. The van der Waals surface area contributed by atoms with E-state index in [2.05, 4.69) is 20.3 Å². The zero-order valence-electron chi connectivity index (χ0n) is 16.6. The number of nitrogens with zero attached hydrogens (tertiary/aromatic N) is 2. The molecule has 0 spiro atoms. The van der Waals surface area contributed by atoms with Gasteiger partial charge in [-0.15, -0.1) is 0 Å². The van der Waals surface area contributed by atoms with Gasteiger partial charge in [-0.1, -0.05) is 24.3 Å². The van der Waals surface area contributed by atoms with Crippen LogP contribution in [-0.2, 0) is 6.54 Å². The first-order valence-electron chi connectivity index (χ1n) is 9.48. The molecule has 0 saturated heterocycles. The van der Waals surface area contributed by atoms with E-state index < -0.39 is 13.0 Å². The molecule has 2 heterocycles. The zero-order chi connectivity index (χ0) is 22.1. The van der Waals surface area contributed by atoms with Crippen LogP contribution in [0.5, 0.6) is 0 Å². The molecule has 0 atom stereocenters. The molecule has 6 N–H and O–H groups in total. The number of para-hydroxylation sites is 1. The summed E-state index contributed by atoms with van der Waals surface area (Å²) in [5.41, 5.74) is 8.52. The average Bonchev–Trinajstić information content (AvgIpc) is 3.07. The number of hydrogen-bond donors (Lipinski definition) is 5. The second-order valence-electron chi connectivity index (χ2n) is 7.07. The number of carbonyl (C=O) groups excluding carboxylic acids is 1. The van der Waals surface area contributed by atoms with Gasteiger partial charge < -0.3 is 26.1 Å². The third-order valence-corrected chi connectivity index (χ3v) is 4.95. The normalized spacial score (nSPS) is 11.0. The molecule has 0 aliphatic rings. The molecule has 0 fully saturated rings. The average molecular weight is 419 g/mol. The predicted molar refractivity (Wildman–Crippen MR) is 116 cm³/mol. The van der Waals surface area contributed by atoms with Crippen molar-refractivity contribution in [3.05, 3.63) is 71.3 Å². The van der Waals surface area contributed by atoms with Crippen LogP contribution in [0.3, 0.4) is 0 Å². The molecule has 10 heteroatoms. The number of aromatic amines is 1. The number of aromatic nitrogens is 3. The van der Waals surface area contributed by atoms with E-state index >= 15 is 0 Å². The lowest BCUT2D eigenvalue weighted by Gasteiger charge is -2.12. The maximum absolute atomic E-state index is 13.5. The first-order valence-corrected chi connectivity index (χ1v) is 9.48. The van der Waals surface area contributed by atoms with Gasteiger partial charge in [0.1, 0.15) is 11.6 Å². The number of halogens is 1. The Morgan fingerprint density at radius 3 is 2.74 bits per heavy atom. The lowest BCUT2D eigenvalue weighted by Crippen LogP contribution is -2.34. The van der Waals surface area contributed by atoms with E-state index in [-0.39, 0.29) is 23.6 Å². The Labute approximate surface area is 177 Å². The second kappa shape index (κ2) is 8.17. The van der Waals surface area contributed by atoms with Crippen LogP contribution < -0.4 is 16.5 Å². The van der Waals surface area contributed by atoms with Gasteiger partial charge in [0.05, 0.1) is 11.1 Å². The maximum atomic E-state index is 13.5. The summed E-state index contributed by atoms with van der Waals surface area (Å²) < 4.78 is 13.5. The molecule has 2 aromatic heterocycles. The van der Waals surface area contributed by atoms with Crippen molar-refractivity contribution in [1.29, 1.82) is 0 Å². The van der Waals surface area contributed by atoms with E-state index in [1.54, 1.807) is 24.3 Å². The van der Waals surface area contributed by atoms with Crippen LogP contribution in [0, 0.1) is 12.7 Å². The van der Waals surface area contributed by atoms with Crippen LogP contribution in [0.25, 0.3) is 22.3 Å². The number of carbonyl (C=O) groups is 1. The molecule has 0 unspecified atom stereocenters. The highest BCUT2D eigenvalue weighted by molar-refractivity contribution is 6.60. The van der Waals surface area contributed by atoms with Crippen molar-refractivity contribution in [3.8, 4) is 11.4 Å². The number of benzene rings is 2. The van der Waals surface area contributed by atoms with Crippen molar-refractivity contribution in [2.75, 3.05) is 5.32 Å². The Morgan fingerprint density at radius 2 is 2.03 bits per heavy atom. The third-order valence-electron chi connectivity index (χ3n) is 4.95. The van der Waals surface area contributed by atoms with Crippen molar-refractivity contribution in [1.82, 2.24) is 15.0 Å². The Balaban J connectivity index is 1.78. The number of H-pyrrole nitrogens is 1. The van der Waals surface area contributed by atoms with E-state index in [1.165, 1.54) is 18.3 Å². The standard InChI is InChI=1S/C21H19BFN5O3/c1-11-17(14-6-3-7-15(19(24)29)18(14)27-11)21-26-10-16(22(30)31)20(28-21)25-9-12-4-2-5-13(23)8-12/h2-8,10,27,30-31H,9H2,1H3,(H2,24,29)(H,25,26,28). The van der Waals surface area contributed by atoms with Crippen LogP contribution in [-0.4, -0.2) is 38.0 Å². The Bertz CT molecular complexity index is 1290. The van der Waals surface area contributed by atoms with Crippen LogP contribution in [0.1, 0.15) is 21.6 Å². The first-order chi connectivity index (χ1) is 14.8. The second-order valence-corrected chi connectivity index (χ2v) is 7.07. The van der Waals surface area contributed by atoms with Gasteiger partial charge in [-0.25, -0.2) is 14.4 Å². The fraction of sp³-hybridized carbons (Fsp3) is 0.0952. The van der Waals surface area contributed by atoms with Gasteiger partial charge in [0.2, 0.25) is 0 Å². The van der Waals surface area contributed by atoms with Gasteiger partial charge in [0, 0.05) is 34.8 Å². The summed E-state index contributed by atoms with van der Waals surface area (Å²) in [6, 6.07) is 11.2. The molecule has 0 saturated carbocycles. The largest absolute Gasteiger partial charge is 0.493 e. The van der Waals surface area contributed by atoms with Crippen molar-refractivity contribution >= 4 is 35.2 Å². The SMILES string of the molecule is Cc1[nH]c2c(C(N)=O)cccc2c1-c1ncc(B(O)O)c(NCc2cccc(F)c2)n1. The van der Waals surface area contributed by atoms with Gasteiger partial charge in [-0.2, -0.15) is 0 Å². The van der Waals surface area contributed by atoms with Gasteiger partial charge in [-0.05, 0) is 30.7 Å². The number of hydrogen-bond acceptors (Lipinski definition) is 6. The molecule has 31 heavy (non-hydrogen) atoms. The fourth-order valence-electron chi connectivity index (χ4n) is 3.52. The van der Waals surface area contributed by atoms with Gasteiger partial charge in [0.25, 0.3) is 5.91 Å². The quantitative estimate of drug-likeness (QED) is 0.300. The summed E-state index contributed by atoms with van der Waals surface area (Å²) in [4.78, 5) is 23.7. The van der Waals surface area contributed by atoms with Crippen LogP contribution in [0.15, 0.2) is 48.7 Å². The molecule has 8 nitrogen and oxygen atoms in total. The molecular formula is C21H19BFN5O3. The van der Waals surface area contributed by atoms with Crippen LogP contribution >= 0.6 is 0 Å². The lowest BCUT2D eigenvalue weighted by molar-refractivity contribution is 0.100. The smallest absolute Gasteiger partial charge is 0.423 e. The maximum Gasteiger partial charge on any atom is 0.493 e. The van der Waals surface area contributed by atoms with Crippen LogP contribution in [0.4, 0.5) is 10.2 Å². The number of rotatable bonds is 6. The lowest BCUT2D eigenvalue weighted by atomic mass is 9.81. The Hall–Kier alpha value is -3.76. The minimum Gasteiger partial charge on any atom is -0.423 e. The molecule has 4 rings (SSSR count).